The van der Waals surface area contributed by atoms with E-state index in [2.05, 4.69) is 35.7 Å². The Balaban J connectivity index is 0.000000290. The van der Waals surface area contributed by atoms with Gasteiger partial charge in [-0.2, -0.15) is 26.3 Å². The van der Waals surface area contributed by atoms with Crippen LogP contribution in [0.5, 0.6) is 46.0 Å². The topological polar surface area (TPSA) is 135 Å². The van der Waals surface area contributed by atoms with Crippen LogP contribution in [0.1, 0.15) is 37.4 Å². The number of carboxylic acids is 1. The van der Waals surface area contributed by atoms with Gasteiger partial charge in [-0.05, 0) is 83.0 Å². The van der Waals surface area contributed by atoms with E-state index < -0.39 is 99.6 Å². The molecule has 0 saturated carbocycles. The Bertz CT molecular complexity index is 2530. The maximum atomic E-state index is 15.0. The van der Waals surface area contributed by atoms with E-state index in [1.165, 1.54) is 12.3 Å². The number of aromatic nitrogens is 1. The number of benzene rings is 4. The molecular formula is C38H23BrF14N2O9. The van der Waals surface area contributed by atoms with Crippen molar-refractivity contribution in [1.82, 2.24) is 4.98 Å². The quantitative estimate of drug-likeness (QED) is 0.0973. The minimum absolute atomic E-state index is 0.121. The minimum atomic E-state index is -5.15. The summed E-state index contributed by atoms with van der Waals surface area (Å²) in [5, 5.41) is 11.4. The number of aromatic carboxylic acids is 1. The molecule has 1 aromatic heterocycles. The van der Waals surface area contributed by atoms with Crippen LogP contribution in [0, 0.1) is 18.6 Å². The molecule has 0 saturated heterocycles. The second-order valence-electron chi connectivity index (χ2n) is 12.1. The number of nitrogens with zero attached hydrogens (tertiary/aromatic N) is 1. The van der Waals surface area contributed by atoms with Gasteiger partial charge in [0.15, 0.2) is 34.6 Å². The summed E-state index contributed by atoms with van der Waals surface area (Å²) in [6.45, 7) is 1.55. The smallest absolute Gasteiger partial charge is 0.493 e. The number of aryl methyl sites for hydroxylation is 1. The van der Waals surface area contributed by atoms with Crippen molar-refractivity contribution in [3.8, 4) is 46.0 Å². The monoisotopic (exact) mass is 996 g/mol. The Morgan fingerprint density at radius 3 is 1.41 bits per heavy atom. The lowest BCUT2D eigenvalue weighted by molar-refractivity contribution is -0.275. The van der Waals surface area contributed by atoms with E-state index >= 15 is 4.39 Å². The van der Waals surface area contributed by atoms with Crippen molar-refractivity contribution in [3.63, 3.8) is 0 Å². The number of alkyl halides is 12. The van der Waals surface area contributed by atoms with Crippen LogP contribution in [-0.2, 0) is 12.4 Å². The van der Waals surface area contributed by atoms with Gasteiger partial charge in [0.1, 0.15) is 38.7 Å². The van der Waals surface area contributed by atoms with Crippen LogP contribution in [0.25, 0.3) is 0 Å². The number of methoxy groups -OCH3 is 2. The zero-order chi connectivity index (χ0) is 48.1. The van der Waals surface area contributed by atoms with Gasteiger partial charge in [0.25, 0.3) is 5.91 Å². The highest BCUT2D eigenvalue weighted by Crippen LogP contribution is 2.43. The highest BCUT2D eigenvalue weighted by molar-refractivity contribution is 9.10. The van der Waals surface area contributed by atoms with E-state index in [9.17, 15) is 66.7 Å². The van der Waals surface area contributed by atoms with Crippen molar-refractivity contribution in [3.05, 3.63) is 117 Å². The summed E-state index contributed by atoms with van der Waals surface area (Å²) in [6, 6.07) is 8.23. The average Bonchev–Trinajstić information content (AvgIpc) is 3.15. The maximum Gasteiger partial charge on any atom is 0.573 e. The first-order chi connectivity index (χ1) is 29.5. The second kappa shape index (κ2) is 19.3. The number of rotatable bonds is 11. The number of hydrogen-bond acceptors (Lipinski definition) is 9. The summed E-state index contributed by atoms with van der Waals surface area (Å²) in [6.07, 6.45) is -18.9. The number of amides is 1. The standard InChI is InChI=1S/C22H14BrF7N2O4.C16H9F7O5/c1-10-9-31-17(23)8-13(10)32-20(33)18-15(6-4-12(19(18)24)21(25,26)27)35-14-5-3-11(7-16(14)34-2)36-22(28,29)30;1-26-11-6-7(28-16(21,22)23)2-4-9(11)27-10-5-3-8(15(18,19)20)13(17)12(10)14(24)25/h3-9H,1-2H3,(H,31,32,33);2-6H,1H3,(H,24,25). The largest absolute Gasteiger partial charge is 0.573 e. The third kappa shape index (κ3) is 12.9. The van der Waals surface area contributed by atoms with Crippen LogP contribution in [0.2, 0.25) is 0 Å². The highest BCUT2D eigenvalue weighted by atomic mass is 79.9. The number of anilines is 1. The summed E-state index contributed by atoms with van der Waals surface area (Å²) in [7, 11) is 2.11. The first-order valence-electron chi connectivity index (χ1n) is 16.7. The van der Waals surface area contributed by atoms with Crippen LogP contribution in [0.3, 0.4) is 0 Å². The second-order valence-corrected chi connectivity index (χ2v) is 12.9. The average molecular weight is 997 g/mol. The zero-order valence-corrected chi connectivity index (χ0v) is 33.3. The molecule has 2 N–H and O–H groups in total. The van der Waals surface area contributed by atoms with Crippen molar-refractivity contribution in [2.75, 3.05) is 19.5 Å². The zero-order valence-electron chi connectivity index (χ0n) is 31.8. The normalized spacial score (nSPS) is 11.8. The molecule has 0 aliphatic carbocycles. The van der Waals surface area contributed by atoms with E-state index in [1.54, 1.807) is 6.92 Å². The predicted octanol–water partition coefficient (Wildman–Crippen LogP) is 12.5. The number of carboxylic acid groups (broad SMARTS) is 1. The third-order valence-electron chi connectivity index (χ3n) is 7.75. The van der Waals surface area contributed by atoms with Gasteiger partial charge in [0.2, 0.25) is 0 Å². The Morgan fingerprint density at radius 1 is 0.609 bits per heavy atom. The fourth-order valence-corrected chi connectivity index (χ4v) is 5.38. The summed E-state index contributed by atoms with van der Waals surface area (Å²) in [4.78, 5) is 28.1. The molecule has 64 heavy (non-hydrogen) atoms. The summed E-state index contributed by atoms with van der Waals surface area (Å²) in [5.74, 6) is -11.6. The Hall–Kier alpha value is -6.73. The summed E-state index contributed by atoms with van der Waals surface area (Å²) < 4.78 is 210. The molecular weight excluding hydrogens is 974 g/mol. The minimum Gasteiger partial charge on any atom is -0.493 e. The maximum absolute atomic E-state index is 15.0. The SMILES string of the molecule is COc1cc(OC(F)(F)F)ccc1Oc1ccc(C(F)(F)F)c(F)c1C(=O)Nc1cc(Br)ncc1C.COc1cc(OC(F)(F)F)ccc1Oc1ccc(C(F)(F)F)c(F)c1C(=O)O. The molecule has 5 aromatic rings. The van der Waals surface area contributed by atoms with Crippen LogP contribution in [0.15, 0.2) is 77.5 Å². The van der Waals surface area contributed by atoms with Crippen molar-refractivity contribution in [2.45, 2.75) is 32.0 Å². The Labute approximate surface area is 357 Å². The molecule has 0 atom stereocenters. The lowest BCUT2D eigenvalue weighted by atomic mass is 10.1. The molecule has 26 heteroatoms. The molecule has 4 aromatic carbocycles. The van der Waals surface area contributed by atoms with E-state index in [0.29, 0.717) is 23.8 Å². The van der Waals surface area contributed by atoms with Gasteiger partial charge < -0.3 is 38.8 Å². The Morgan fingerprint density at radius 2 is 1.02 bits per heavy atom. The van der Waals surface area contributed by atoms with Gasteiger partial charge in [-0.3, -0.25) is 4.79 Å². The molecule has 11 nitrogen and oxygen atoms in total. The summed E-state index contributed by atoms with van der Waals surface area (Å²) in [5.41, 5.74) is -5.52. The number of ether oxygens (including phenoxy) is 6. The number of carbonyl (C=O) groups is 2. The van der Waals surface area contributed by atoms with E-state index in [4.69, 9.17) is 24.1 Å². The fraction of sp³-hybridized carbons (Fsp3) is 0.184. The molecule has 1 amide bonds. The first-order valence-corrected chi connectivity index (χ1v) is 17.5. The molecule has 0 fully saturated rings. The van der Waals surface area contributed by atoms with Crippen molar-refractivity contribution >= 4 is 33.5 Å². The predicted molar refractivity (Wildman–Crippen MR) is 194 cm³/mol. The lowest BCUT2D eigenvalue weighted by Gasteiger charge is -2.18. The number of pyridine rings is 1. The fourth-order valence-electron chi connectivity index (χ4n) is 5.05. The van der Waals surface area contributed by atoms with Crippen LogP contribution < -0.4 is 33.7 Å². The van der Waals surface area contributed by atoms with E-state index in [0.717, 1.165) is 50.6 Å². The number of halogens is 15. The van der Waals surface area contributed by atoms with Crippen molar-refractivity contribution in [1.29, 1.82) is 0 Å². The summed E-state index contributed by atoms with van der Waals surface area (Å²) >= 11 is 3.09. The number of carbonyl (C=O) groups excluding carboxylic acids is 1. The molecule has 0 bridgehead atoms. The number of hydrogen-bond donors (Lipinski definition) is 2. The van der Waals surface area contributed by atoms with Gasteiger partial charge >= 0.3 is 31.0 Å². The Kier molecular flexibility index (Phi) is 15.1. The number of nitrogens with one attached hydrogen (secondary N) is 1. The lowest BCUT2D eigenvalue weighted by Crippen LogP contribution is -2.19. The molecule has 1 heterocycles. The molecule has 0 aliphatic heterocycles. The first kappa shape index (κ1) is 49.9. The highest BCUT2D eigenvalue weighted by Gasteiger charge is 2.39. The molecule has 0 unspecified atom stereocenters. The van der Waals surface area contributed by atoms with Crippen molar-refractivity contribution < 1.29 is 105 Å². The van der Waals surface area contributed by atoms with Gasteiger partial charge in [-0.25, -0.2) is 18.6 Å². The molecule has 0 aliphatic rings. The van der Waals surface area contributed by atoms with Crippen LogP contribution in [0.4, 0.5) is 67.2 Å². The van der Waals surface area contributed by atoms with Crippen molar-refractivity contribution in [2.24, 2.45) is 0 Å². The molecule has 5 rings (SSSR count). The molecule has 0 spiro atoms. The third-order valence-corrected chi connectivity index (χ3v) is 8.19. The van der Waals surface area contributed by atoms with E-state index in [-0.39, 0.29) is 33.6 Å². The van der Waals surface area contributed by atoms with Gasteiger partial charge in [-0.15, -0.1) is 26.3 Å². The van der Waals surface area contributed by atoms with Crippen LogP contribution in [-0.4, -0.2) is 48.9 Å². The van der Waals surface area contributed by atoms with Crippen LogP contribution >= 0.6 is 15.9 Å². The van der Waals surface area contributed by atoms with Gasteiger partial charge in [0, 0.05) is 24.0 Å². The van der Waals surface area contributed by atoms with Gasteiger partial charge in [-0.1, -0.05) is 0 Å². The molecule has 0 radical (unpaired) electrons. The molecule has 344 valence electrons. The van der Waals surface area contributed by atoms with Gasteiger partial charge in [0.05, 0.1) is 25.3 Å². The van der Waals surface area contributed by atoms with E-state index in [1.807, 2.05) is 0 Å².